The molecule has 0 aromatic heterocycles. The molecule has 0 saturated carbocycles. The Morgan fingerprint density at radius 2 is 1.94 bits per heavy atom. The van der Waals surface area contributed by atoms with Gasteiger partial charge >= 0.3 is 0 Å². The largest absolute Gasteiger partial charge is 0.372 e. The zero-order chi connectivity index (χ0) is 12.8. The van der Waals surface area contributed by atoms with Gasteiger partial charge in [-0.25, -0.2) is 0 Å². The third-order valence-electron chi connectivity index (χ3n) is 3.49. The summed E-state index contributed by atoms with van der Waals surface area (Å²) in [6.07, 6.45) is 8.73. The summed E-state index contributed by atoms with van der Waals surface area (Å²) in [6, 6.07) is 9.27. The van der Waals surface area contributed by atoms with E-state index in [0.29, 0.717) is 6.04 Å². The van der Waals surface area contributed by atoms with Crippen LogP contribution in [0.3, 0.4) is 0 Å². The quantitative estimate of drug-likeness (QED) is 0.799. The highest BCUT2D eigenvalue weighted by Crippen LogP contribution is 2.20. The van der Waals surface area contributed by atoms with E-state index >= 15 is 0 Å². The number of rotatable bonds is 5. The SMILES string of the molecule is C#CCC(C)NCc1ccc(N2CCCC2)cc1. The normalized spacial score (nSPS) is 16.6. The molecule has 1 fully saturated rings. The van der Waals surface area contributed by atoms with Gasteiger partial charge in [0.1, 0.15) is 0 Å². The molecular weight excluding hydrogens is 220 g/mol. The predicted octanol–water partition coefficient (Wildman–Crippen LogP) is 2.79. The summed E-state index contributed by atoms with van der Waals surface area (Å²) in [5, 5.41) is 3.43. The van der Waals surface area contributed by atoms with E-state index in [1.54, 1.807) is 0 Å². The minimum Gasteiger partial charge on any atom is -0.372 e. The van der Waals surface area contributed by atoms with Crippen molar-refractivity contribution in [1.82, 2.24) is 5.32 Å². The van der Waals surface area contributed by atoms with Crippen LogP contribution >= 0.6 is 0 Å². The summed E-state index contributed by atoms with van der Waals surface area (Å²) in [5.74, 6) is 2.68. The number of anilines is 1. The summed E-state index contributed by atoms with van der Waals surface area (Å²) in [7, 11) is 0. The van der Waals surface area contributed by atoms with E-state index in [0.717, 1.165) is 13.0 Å². The summed E-state index contributed by atoms with van der Waals surface area (Å²) < 4.78 is 0. The Morgan fingerprint density at radius 3 is 2.56 bits per heavy atom. The number of hydrogen-bond acceptors (Lipinski definition) is 2. The van der Waals surface area contributed by atoms with Gasteiger partial charge in [0.25, 0.3) is 0 Å². The van der Waals surface area contributed by atoms with Gasteiger partial charge in [0, 0.05) is 37.8 Å². The van der Waals surface area contributed by atoms with E-state index in [4.69, 9.17) is 6.42 Å². The Hall–Kier alpha value is -1.46. The van der Waals surface area contributed by atoms with Gasteiger partial charge in [0.2, 0.25) is 0 Å². The van der Waals surface area contributed by atoms with Crippen molar-refractivity contribution in [3.05, 3.63) is 29.8 Å². The predicted molar refractivity (Wildman–Crippen MR) is 77.6 cm³/mol. The zero-order valence-electron chi connectivity index (χ0n) is 11.2. The lowest BCUT2D eigenvalue weighted by Crippen LogP contribution is -2.24. The van der Waals surface area contributed by atoms with Crippen molar-refractivity contribution in [3.63, 3.8) is 0 Å². The highest BCUT2D eigenvalue weighted by molar-refractivity contribution is 5.48. The third-order valence-corrected chi connectivity index (χ3v) is 3.49. The first-order valence-electron chi connectivity index (χ1n) is 6.80. The zero-order valence-corrected chi connectivity index (χ0v) is 11.2. The summed E-state index contributed by atoms with van der Waals surface area (Å²) in [6.45, 7) is 5.43. The van der Waals surface area contributed by atoms with E-state index in [2.05, 4.69) is 47.3 Å². The molecule has 0 spiro atoms. The number of nitrogens with zero attached hydrogens (tertiary/aromatic N) is 1. The van der Waals surface area contributed by atoms with Gasteiger partial charge < -0.3 is 10.2 Å². The van der Waals surface area contributed by atoms with Gasteiger partial charge in [-0.2, -0.15) is 0 Å². The van der Waals surface area contributed by atoms with Crippen molar-refractivity contribution in [1.29, 1.82) is 0 Å². The van der Waals surface area contributed by atoms with Gasteiger partial charge in [0.15, 0.2) is 0 Å². The second kappa shape index (κ2) is 6.47. The molecule has 1 aromatic carbocycles. The van der Waals surface area contributed by atoms with Gasteiger partial charge in [-0.05, 0) is 37.5 Å². The van der Waals surface area contributed by atoms with Crippen LogP contribution < -0.4 is 10.2 Å². The van der Waals surface area contributed by atoms with E-state index in [-0.39, 0.29) is 0 Å². The van der Waals surface area contributed by atoms with Crippen LogP contribution in [-0.4, -0.2) is 19.1 Å². The van der Waals surface area contributed by atoms with E-state index in [1.807, 2.05) is 0 Å². The average Bonchev–Trinajstić information content (AvgIpc) is 2.91. The van der Waals surface area contributed by atoms with Crippen LogP contribution in [-0.2, 0) is 6.54 Å². The number of nitrogens with one attached hydrogen (secondary N) is 1. The molecule has 96 valence electrons. The van der Waals surface area contributed by atoms with Crippen LogP contribution in [0.4, 0.5) is 5.69 Å². The van der Waals surface area contributed by atoms with E-state index in [1.165, 1.54) is 37.2 Å². The topological polar surface area (TPSA) is 15.3 Å². The van der Waals surface area contributed by atoms with Gasteiger partial charge in [-0.15, -0.1) is 12.3 Å². The molecule has 1 atom stereocenters. The van der Waals surface area contributed by atoms with Crippen LogP contribution in [0.2, 0.25) is 0 Å². The van der Waals surface area contributed by atoms with Crippen LogP contribution in [0.25, 0.3) is 0 Å². The Morgan fingerprint density at radius 1 is 1.28 bits per heavy atom. The van der Waals surface area contributed by atoms with Gasteiger partial charge in [-0.3, -0.25) is 0 Å². The van der Waals surface area contributed by atoms with Crippen LogP contribution in [0.5, 0.6) is 0 Å². The molecule has 1 saturated heterocycles. The first kappa shape index (κ1) is 13.0. The van der Waals surface area contributed by atoms with Gasteiger partial charge in [-0.1, -0.05) is 12.1 Å². The molecule has 0 radical (unpaired) electrons. The molecule has 2 nitrogen and oxygen atoms in total. The van der Waals surface area contributed by atoms with Crippen LogP contribution in [0, 0.1) is 12.3 Å². The highest BCUT2D eigenvalue weighted by Gasteiger charge is 2.11. The smallest absolute Gasteiger partial charge is 0.0366 e. The van der Waals surface area contributed by atoms with Crippen molar-refractivity contribution < 1.29 is 0 Å². The highest BCUT2D eigenvalue weighted by atomic mass is 15.1. The fourth-order valence-electron chi connectivity index (χ4n) is 2.34. The second-order valence-corrected chi connectivity index (χ2v) is 5.05. The minimum absolute atomic E-state index is 0.383. The number of hydrogen-bond donors (Lipinski definition) is 1. The Bertz CT molecular complexity index is 396. The average molecular weight is 242 g/mol. The maximum Gasteiger partial charge on any atom is 0.0366 e. The number of benzene rings is 1. The minimum atomic E-state index is 0.383. The summed E-state index contributed by atoms with van der Waals surface area (Å²) in [4.78, 5) is 2.46. The standard InChI is InChI=1S/C16H22N2/c1-3-6-14(2)17-13-15-7-9-16(10-8-15)18-11-4-5-12-18/h1,7-10,14,17H,4-6,11-13H2,2H3. The molecule has 0 aliphatic carbocycles. The summed E-state index contributed by atoms with van der Waals surface area (Å²) in [5.41, 5.74) is 2.68. The Kier molecular flexibility index (Phi) is 4.66. The van der Waals surface area contributed by atoms with Crippen LogP contribution in [0.1, 0.15) is 31.7 Å². The molecular formula is C16H22N2. The fraction of sp³-hybridized carbons (Fsp3) is 0.500. The molecule has 0 amide bonds. The fourth-order valence-corrected chi connectivity index (χ4v) is 2.34. The molecule has 1 aliphatic rings. The molecule has 18 heavy (non-hydrogen) atoms. The van der Waals surface area contributed by atoms with Crippen molar-refractivity contribution in [2.24, 2.45) is 0 Å². The molecule has 2 heteroatoms. The first-order chi connectivity index (χ1) is 8.79. The first-order valence-corrected chi connectivity index (χ1v) is 6.80. The Balaban J connectivity index is 1.85. The van der Waals surface area contributed by atoms with Crippen molar-refractivity contribution in [2.75, 3.05) is 18.0 Å². The van der Waals surface area contributed by atoms with Crippen molar-refractivity contribution >= 4 is 5.69 Å². The molecule has 2 rings (SSSR count). The molecule has 1 N–H and O–H groups in total. The maximum atomic E-state index is 5.29. The third kappa shape index (κ3) is 3.51. The maximum absolute atomic E-state index is 5.29. The molecule has 1 heterocycles. The second-order valence-electron chi connectivity index (χ2n) is 5.05. The lowest BCUT2D eigenvalue weighted by molar-refractivity contribution is 0.559. The Labute approximate surface area is 110 Å². The molecule has 1 aliphatic heterocycles. The molecule has 0 bridgehead atoms. The summed E-state index contributed by atoms with van der Waals surface area (Å²) >= 11 is 0. The number of terminal acetylenes is 1. The molecule has 1 aromatic rings. The molecule has 1 unspecified atom stereocenters. The monoisotopic (exact) mass is 242 g/mol. The lowest BCUT2D eigenvalue weighted by Gasteiger charge is -2.18. The van der Waals surface area contributed by atoms with Gasteiger partial charge in [0.05, 0.1) is 0 Å². The van der Waals surface area contributed by atoms with E-state index in [9.17, 15) is 0 Å². The van der Waals surface area contributed by atoms with Crippen molar-refractivity contribution in [2.45, 2.75) is 38.8 Å². The lowest BCUT2D eigenvalue weighted by atomic mass is 10.1. The van der Waals surface area contributed by atoms with Crippen molar-refractivity contribution in [3.8, 4) is 12.3 Å². The van der Waals surface area contributed by atoms with Crippen LogP contribution in [0.15, 0.2) is 24.3 Å². The van der Waals surface area contributed by atoms with E-state index < -0.39 is 0 Å².